The van der Waals surface area contributed by atoms with Gasteiger partial charge in [0.05, 0.1) is 0 Å². The fourth-order valence-corrected chi connectivity index (χ4v) is 8.93. The first-order valence-corrected chi connectivity index (χ1v) is 9.47. The third-order valence-corrected chi connectivity index (χ3v) is 10.0. The van der Waals surface area contributed by atoms with Crippen LogP contribution in [0.1, 0.15) is 41.0 Å². The second-order valence-corrected chi connectivity index (χ2v) is 9.68. The van der Waals surface area contributed by atoms with Gasteiger partial charge in [0.25, 0.3) is 0 Å². The van der Waals surface area contributed by atoms with E-state index >= 15 is 0 Å². The van der Waals surface area contributed by atoms with Gasteiger partial charge < -0.3 is 1.43 Å². The van der Waals surface area contributed by atoms with Crippen LogP contribution in [0, 0.1) is 0 Å². The zero-order chi connectivity index (χ0) is 12.1. The molecule has 0 aromatic carbocycles. The quantitative estimate of drug-likeness (QED) is 0.648. The Kier molecular flexibility index (Phi) is 6.93. The molecule has 0 amide bonds. The normalized spacial score (nSPS) is 17.7. The fraction of sp³-hybridized carbons (Fsp3) is 0.500. The van der Waals surface area contributed by atoms with Gasteiger partial charge in [-0.25, -0.2) is 0 Å². The van der Waals surface area contributed by atoms with Crippen LogP contribution in [-0.2, 0) is 0 Å². The summed E-state index contributed by atoms with van der Waals surface area (Å²) in [7, 11) is -1.33. The summed E-state index contributed by atoms with van der Waals surface area (Å²) < 4.78 is 0. The van der Waals surface area contributed by atoms with Gasteiger partial charge in [0.2, 0.25) is 0 Å². The summed E-state index contributed by atoms with van der Waals surface area (Å²) in [6.07, 6.45) is 19.2. The van der Waals surface area contributed by atoms with Crippen molar-refractivity contribution in [2.75, 3.05) is 0 Å². The Morgan fingerprint density at radius 3 is 1.67 bits per heavy atom. The van der Waals surface area contributed by atoms with Gasteiger partial charge in [0, 0.05) is 0 Å². The Morgan fingerprint density at radius 1 is 0.944 bits per heavy atom. The van der Waals surface area contributed by atoms with Crippen LogP contribution in [-0.4, -0.2) is 8.07 Å². The van der Waals surface area contributed by atoms with Gasteiger partial charge in [-0.15, -0.1) is 0 Å². The van der Waals surface area contributed by atoms with Gasteiger partial charge in [-0.05, 0) is 12.8 Å². The second kappa shape index (κ2) is 7.69. The van der Waals surface area contributed by atoms with E-state index in [0.29, 0.717) is 0 Å². The monoisotopic (exact) mass is 268 g/mol. The van der Waals surface area contributed by atoms with Crippen LogP contribution >= 0.6 is 0 Å². The molecule has 0 unspecified atom stereocenters. The molecule has 2 aliphatic rings. The molecular weight excluding hydrogens is 243 g/mol. The Morgan fingerprint density at radius 2 is 1.39 bits per heavy atom. The van der Waals surface area contributed by atoms with E-state index in [0.717, 1.165) is 0 Å². The van der Waals surface area contributed by atoms with E-state index in [1.54, 1.807) is 10.4 Å². The van der Waals surface area contributed by atoms with Crippen LogP contribution in [0.5, 0.6) is 0 Å². The van der Waals surface area contributed by atoms with E-state index in [1.807, 2.05) is 0 Å². The summed E-state index contributed by atoms with van der Waals surface area (Å²) in [5.41, 5.74) is 0. The predicted molar refractivity (Wildman–Crippen MR) is 80.7 cm³/mol. The third-order valence-electron chi connectivity index (χ3n) is 4.13. The maximum absolute atomic E-state index is 2.43. The molecule has 0 fully saturated rings. The van der Waals surface area contributed by atoms with Crippen molar-refractivity contribution < 1.29 is 31.0 Å². The maximum Gasteiger partial charge on any atom is 1.00 e. The van der Waals surface area contributed by atoms with E-state index in [2.05, 4.69) is 50.3 Å². The summed E-state index contributed by atoms with van der Waals surface area (Å²) in [6, 6.07) is 2.89. The van der Waals surface area contributed by atoms with E-state index in [-0.39, 0.29) is 31.0 Å². The third kappa shape index (κ3) is 3.19. The van der Waals surface area contributed by atoms with E-state index in [4.69, 9.17) is 0 Å². The van der Waals surface area contributed by atoms with E-state index in [9.17, 15) is 0 Å². The molecule has 0 N–H and O–H groups in total. The minimum Gasteiger partial charge on any atom is -1.00 e. The van der Waals surface area contributed by atoms with E-state index < -0.39 is 8.07 Å². The van der Waals surface area contributed by atoms with Crippen LogP contribution in [0.4, 0.5) is 0 Å². The molecule has 0 aromatic rings. The van der Waals surface area contributed by atoms with Gasteiger partial charge in [-0.3, -0.25) is 0 Å². The molecule has 0 atom stereocenters. The number of rotatable bonds is 6. The van der Waals surface area contributed by atoms with Crippen LogP contribution in [0.2, 0.25) is 12.1 Å². The first kappa shape index (κ1) is 16.2. The van der Waals surface area contributed by atoms with E-state index in [1.165, 1.54) is 37.8 Å². The summed E-state index contributed by atoms with van der Waals surface area (Å²) in [6.45, 7) is 4.70. The first-order valence-electron chi connectivity index (χ1n) is 7.06. The molecule has 0 spiro atoms. The largest absolute Gasteiger partial charge is 1.00 e. The van der Waals surface area contributed by atoms with Crippen molar-refractivity contribution in [2.45, 2.75) is 51.6 Å². The molecule has 0 aliphatic heterocycles. The van der Waals surface area contributed by atoms with Crippen LogP contribution < -0.4 is 29.6 Å². The van der Waals surface area contributed by atoms with Gasteiger partial charge in [-0.1, -0.05) is 85.6 Å². The summed E-state index contributed by atoms with van der Waals surface area (Å²) >= 11 is 0. The molecule has 94 valence electrons. The number of hydrogen-bond donors (Lipinski definition) is 0. The summed E-state index contributed by atoms with van der Waals surface area (Å²) in [5.74, 6) is 0. The zero-order valence-corrected chi connectivity index (χ0v) is 15.2. The van der Waals surface area contributed by atoms with Crippen molar-refractivity contribution in [3.05, 3.63) is 46.8 Å². The topological polar surface area (TPSA) is 0 Å². The van der Waals surface area contributed by atoms with Crippen LogP contribution in [0.3, 0.4) is 0 Å². The smallest absolute Gasteiger partial charge is 1.00 e. The van der Waals surface area contributed by atoms with Gasteiger partial charge in [-0.2, -0.15) is 0 Å². The van der Waals surface area contributed by atoms with Gasteiger partial charge in [0.15, 0.2) is 0 Å². The average Bonchev–Trinajstić information content (AvgIpc) is 3.02. The van der Waals surface area contributed by atoms with Crippen molar-refractivity contribution in [1.29, 1.82) is 0 Å². The number of hydrogen-bond acceptors (Lipinski definition) is 0. The summed E-state index contributed by atoms with van der Waals surface area (Å²) in [5, 5.41) is 3.58. The molecule has 0 saturated heterocycles. The Labute approximate surface area is 137 Å². The molecule has 0 nitrogen and oxygen atoms in total. The number of allylic oxidation sites excluding steroid dienone is 8. The average molecular weight is 268 g/mol. The second-order valence-electron chi connectivity index (χ2n) is 5.23. The SMILES string of the molecule is CCC[Si](CCC)(C1=CC=CC1)C1=CC=CC1.[H-].[Na+]. The Hall–Kier alpha value is 0.177. The van der Waals surface area contributed by atoms with Crippen molar-refractivity contribution in [3.63, 3.8) is 0 Å². The maximum atomic E-state index is 2.43. The fourth-order valence-electron chi connectivity index (χ4n) is 3.43. The minimum absolute atomic E-state index is 0. The summed E-state index contributed by atoms with van der Waals surface area (Å²) in [4.78, 5) is 0. The molecule has 2 aliphatic carbocycles. The Balaban J connectivity index is 0.00000162. The standard InChI is InChI=1S/C16H24Si.Na.H/c1-3-13-17(14-4-2,15-9-5-6-10-15)16-11-7-8-12-16;;/h5-9,11H,3-4,10,12-14H2,1-2H3;;/q;+1;-1. The molecule has 0 heterocycles. The van der Waals surface area contributed by atoms with Crippen molar-refractivity contribution >= 4 is 8.07 Å². The van der Waals surface area contributed by atoms with Gasteiger partial charge >= 0.3 is 29.6 Å². The molecule has 18 heavy (non-hydrogen) atoms. The van der Waals surface area contributed by atoms with Crippen LogP contribution in [0.25, 0.3) is 0 Å². The Bertz CT molecular complexity index is 356. The molecule has 2 rings (SSSR count). The molecular formula is C16H25NaSi. The van der Waals surface area contributed by atoms with Gasteiger partial charge in [0.1, 0.15) is 8.07 Å². The van der Waals surface area contributed by atoms with Crippen molar-refractivity contribution in [1.82, 2.24) is 0 Å². The minimum atomic E-state index is -1.33. The van der Waals surface area contributed by atoms with Crippen LogP contribution in [0.15, 0.2) is 46.8 Å². The molecule has 0 bridgehead atoms. The molecule has 2 heteroatoms. The predicted octanol–water partition coefficient (Wildman–Crippen LogP) is 2.22. The zero-order valence-electron chi connectivity index (χ0n) is 13.2. The molecule has 0 saturated carbocycles. The first-order chi connectivity index (χ1) is 8.33. The van der Waals surface area contributed by atoms with Crippen molar-refractivity contribution in [2.24, 2.45) is 0 Å². The van der Waals surface area contributed by atoms with Crippen molar-refractivity contribution in [3.8, 4) is 0 Å². The molecule has 0 aromatic heterocycles. The molecule has 0 radical (unpaired) electrons.